The first-order chi connectivity index (χ1) is 8.13. The Labute approximate surface area is 100 Å². The smallest absolute Gasteiger partial charge is 0.159 e. The fourth-order valence-corrected chi connectivity index (χ4v) is 1.74. The minimum Gasteiger partial charge on any atom is -0.496 e. The Kier molecular flexibility index (Phi) is 2.95. The standard InChI is InChI=1S/C13H15N3O/c1-8-9(2)12(17-3)5-4-11(8)13-15-6-10(14)7-16-13/h4-7H,14H2,1-3H3. The maximum Gasteiger partial charge on any atom is 0.159 e. The van der Waals surface area contributed by atoms with E-state index in [1.165, 1.54) is 0 Å². The lowest BCUT2D eigenvalue weighted by Gasteiger charge is -2.11. The highest BCUT2D eigenvalue weighted by Crippen LogP contribution is 2.28. The second-order valence-electron chi connectivity index (χ2n) is 3.91. The molecule has 2 rings (SSSR count). The van der Waals surface area contributed by atoms with Crippen molar-refractivity contribution in [2.75, 3.05) is 12.8 Å². The largest absolute Gasteiger partial charge is 0.496 e. The van der Waals surface area contributed by atoms with Crippen molar-refractivity contribution in [2.24, 2.45) is 0 Å². The zero-order valence-corrected chi connectivity index (χ0v) is 10.2. The molecule has 0 saturated carbocycles. The zero-order valence-electron chi connectivity index (χ0n) is 10.2. The van der Waals surface area contributed by atoms with Crippen LogP contribution in [-0.2, 0) is 0 Å². The zero-order chi connectivity index (χ0) is 12.4. The number of ether oxygens (including phenoxy) is 1. The first-order valence-electron chi connectivity index (χ1n) is 5.35. The predicted octanol–water partition coefficient (Wildman–Crippen LogP) is 2.35. The lowest BCUT2D eigenvalue weighted by Crippen LogP contribution is -1.97. The number of aromatic nitrogens is 2. The molecule has 88 valence electrons. The lowest BCUT2D eigenvalue weighted by atomic mass is 10.0. The number of nitrogens with zero attached hydrogens (tertiary/aromatic N) is 2. The predicted molar refractivity (Wildman–Crippen MR) is 67.9 cm³/mol. The summed E-state index contributed by atoms with van der Waals surface area (Å²) in [7, 11) is 1.67. The van der Waals surface area contributed by atoms with Crippen molar-refractivity contribution in [2.45, 2.75) is 13.8 Å². The van der Waals surface area contributed by atoms with Crippen LogP contribution in [0.1, 0.15) is 11.1 Å². The third kappa shape index (κ3) is 2.06. The molecule has 2 N–H and O–H groups in total. The molecule has 1 aromatic carbocycles. The Morgan fingerprint density at radius 1 is 1.06 bits per heavy atom. The van der Waals surface area contributed by atoms with Crippen LogP contribution in [0.2, 0.25) is 0 Å². The van der Waals surface area contributed by atoms with Gasteiger partial charge in [-0.25, -0.2) is 9.97 Å². The summed E-state index contributed by atoms with van der Waals surface area (Å²) in [5.41, 5.74) is 9.36. The minimum absolute atomic E-state index is 0.566. The van der Waals surface area contributed by atoms with Crippen molar-refractivity contribution in [1.82, 2.24) is 9.97 Å². The summed E-state index contributed by atoms with van der Waals surface area (Å²) in [6.07, 6.45) is 3.22. The molecule has 0 spiro atoms. The van der Waals surface area contributed by atoms with Gasteiger partial charge < -0.3 is 10.5 Å². The summed E-state index contributed by atoms with van der Waals surface area (Å²) in [6.45, 7) is 4.06. The molecule has 0 atom stereocenters. The molecular formula is C13H15N3O. The molecule has 1 aromatic heterocycles. The highest BCUT2D eigenvalue weighted by atomic mass is 16.5. The Morgan fingerprint density at radius 2 is 1.71 bits per heavy atom. The number of nitrogen functional groups attached to an aromatic ring is 1. The molecule has 17 heavy (non-hydrogen) atoms. The summed E-state index contributed by atoms with van der Waals surface area (Å²) in [5.74, 6) is 1.56. The first kappa shape index (κ1) is 11.4. The number of hydrogen-bond donors (Lipinski definition) is 1. The Bertz CT molecular complexity index is 535. The van der Waals surface area contributed by atoms with Crippen LogP contribution in [0.3, 0.4) is 0 Å². The molecule has 4 heteroatoms. The van der Waals surface area contributed by atoms with Gasteiger partial charge in [-0.1, -0.05) is 0 Å². The summed E-state index contributed by atoms with van der Waals surface area (Å²) in [5, 5.41) is 0. The third-order valence-corrected chi connectivity index (χ3v) is 2.87. The fourth-order valence-electron chi connectivity index (χ4n) is 1.74. The van der Waals surface area contributed by atoms with Crippen molar-refractivity contribution in [1.29, 1.82) is 0 Å². The van der Waals surface area contributed by atoms with Crippen molar-refractivity contribution in [3.8, 4) is 17.1 Å². The second-order valence-corrected chi connectivity index (χ2v) is 3.91. The van der Waals surface area contributed by atoms with Crippen LogP contribution < -0.4 is 10.5 Å². The Morgan fingerprint density at radius 3 is 2.29 bits per heavy atom. The number of methoxy groups -OCH3 is 1. The highest BCUT2D eigenvalue weighted by Gasteiger charge is 2.10. The van der Waals surface area contributed by atoms with E-state index in [0.717, 1.165) is 22.4 Å². The third-order valence-electron chi connectivity index (χ3n) is 2.87. The summed E-state index contributed by atoms with van der Waals surface area (Å²) in [4.78, 5) is 8.46. The summed E-state index contributed by atoms with van der Waals surface area (Å²) < 4.78 is 5.27. The van der Waals surface area contributed by atoms with E-state index in [1.807, 2.05) is 26.0 Å². The minimum atomic E-state index is 0.566. The molecule has 0 aliphatic heterocycles. The van der Waals surface area contributed by atoms with E-state index in [1.54, 1.807) is 19.5 Å². The van der Waals surface area contributed by atoms with E-state index in [0.29, 0.717) is 11.5 Å². The molecule has 0 saturated heterocycles. The van der Waals surface area contributed by atoms with E-state index < -0.39 is 0 Å². The van der Waals surface area contributed by atoms with Gasteiger partial charge in [0, 0.05) is 5.56 Å². The molecule has 0 fully saturated rings. The van der Waals surface area contributed by atoms with Gasteiger partial charge in [0.15, 0.2) is 5.82 Å². The van der Waals surface area contributed by atoms with Gasteiger partial charge in [0.1, 0.15) is 5.75 Å². The highest BCUT2D eigenvalue weighted by molar-refractivity contribution is 5.64. The quantitative estimate of drug-likeness (QED) is 0.858. The van der Waals surface area contributed by atoms with Crippen LogP contribution in [0.15, 0.2) is 24.5 Å². The molecule has 1 heterocycles. The first-order valence-corrected chi connectivity index (χ1v) is 5.35. The van der Waals surface area contributed by atoms with E-state index in [2.05, 4.69) is 9.97 Å². The van der Waals surface area contributed by atoms with Gasteiger partial charge in [0.25, 0.3) is 0 Å². The molecule has 4 nitrogen and oxygen atoms in total. The molecule has 0 aliphatic carbocycles. The maximum atomic E-state index is 5.57. The summed E-state index contributed by atoms with van der Waals surface area (Å²) in [6, 6.07) is 3.89. The van der Waals surface area contributed by atoms with Gasteiger partial charge in [-0.3, -0.25) is 0 Å². The topological polar surface area (TPSA) is 61.0 Å². The Balaban J connectivity index is 2.53. The van der Waals surface area contributed by atoms with Crippen LogP contribution in [0.4, 0.5) is 5.69 Å². The lowest BCUT2D eigenvalue weighted by molar-refractivity contribution is 0.411. The molecule has 2 aromatic rings. The number of hydrogen-bond acceptors (Lipinski definition) is 4. The number of benzene rings is 1. The van der Waals surface area contributed by atoms with Crippen LogP contribution in [0.25, 0.3) is 11.4 Å². The van der Waals surface area contributed by atoms with Crippen molar-refractivity contribution in [3.05, 3.63) is 35.7 Å². The van der Waals surface area contributed by atoms with Gasteiger partial charge in [0.2, 0.25) is 0 Å². The van der Waals surface area contributed by atoms with Crippen molar-refractivity contribution >= 4 is 5.69 Å². The van der Waals surface area contributed by atoms with Crippen molar-refractivity contribution < 1.29 is 4.74 Å². The monoisotopic (exact) mass is 229 g/mol. The van der Waals surface area contributed by atoms with Gasteiger partial charge in [-0.2, -0.15) is 0 Å². The van der Waals surface area contributed by atoms with Crippen molar-refractivity contribution in [3.63, 3.8) is 0 Å². The van der Waals surface area contributed by atoms with Gasteiger partial charge >= 0.3 is 0 Å². The van der Waals surface area contributed by atoms with E-state index in [4.69, 9.17) is 10.5 Å². The number of rotatable bonds is 2. The fraction of sp³-hybridized carbons (Fsp3) is 0.231. The normalized spacial score (nSPS) is 10.3. The summed E-state index contributed by atoms with van der Waals surface area (Å²) >= 11 is 0. The molecule has 0 bridgehead atoms. The Hall–Kier alpha value is -2.10. The number of nitrogens with two attached hydrogens (primary N) is 1. The van der Waals surface area contributed by atoms with Crippen LogP contribution >= 0.6 is 0 Å². The molecule has 0 amide bonds. The van der Waals surface area contributed by atoms with Gasteiger partial charge in [0.05, 0.1) is 25.2 Å². The van der Waals surface area contributed by atoms with E-state index >= 15 is 0 Å². The van der Waals surface area contributed by atoms with Gasteiger partial charge in [-0.05, 0) is 37.1 Å². The molecule has 0 aliphatic rings. The average Bonchev–Trinajstić information content (AvgIpc) is 2.34. The van der Waals surface area contributed by atoms with E-state index in [9.17, 15) is 0 Å². The molecular weight excluding hydrogens is 214 g/mol. The van der Waals surface area contributed by atoms with Crippen LogP contribution in [0, 0.1) is 13.8 Å². The maximum absolute atomic E-state index is 5.57. The van der Waals surface area contributed by atoms with Gasteiger partial charge in [-0.15, -0.1) is 0 Å². The molecule has 0 radical (unpaired) electrons. The van der Waals surface area contributed by atoms with E-state index in [-0.39, 0.29) is 0 Å². The average molecular weight is 229 g/mol. The second kappa shape index (κ2) is 4.41. The van der Waals surface area contributed by atoms with Crippen LogP contribution in [-0.4, -0.2) is 17.1 Å². The molecule has 0 unspecified atom stereocenters. The van der Waals surface area contributed by atoms with Crippen LogP contribution in [0.5, 0.6) is 5.75 Å². The SMILES string of the molecule is COc1ccc(-c2ncc(N)cn2)c(C)c1C. The number of anilines is 1.